The van der Waals surface area contributed by atoms with Crippen LogP contribution in [-0.4, -0.2) is 11.8 Å². The van der Waals surface area contributed by atoms with E-state index in [0.29, 0.717) is 11.3 Å². The number of rotatable bonds is 3. The third kappa shape index (κ3) is 7.28. The van der Waals surface area contributed by atoms with E-state index in [1.807, 2.05) is 20.8 Å². The number of nitrogens with two attached hydrogens (primary N) is 1. The van der Waals surface area contributed by atoms with Crippen LogP contribution in [0.5, 0.6) is 5.75 Å². The highest BCUT2D eigenvalue weighted by molar-refractivity contribution is 5.85. The molecule has 2 N–H and O–H groups in total. The van der Waals surface area contributed by atoms with Crippen molar-refractivity contribution in [3.63, 3.8) is 0 Å². The van der Waals surface area contributed by atoms with Gasteiger partial charge in [-0.1, -0.05) is 12.1 Å². The van der Waals surface area contributed by atoms with Gasteiger partial charge < -0.3 is 10.5 Å². The molecule has 0 aliphatic rings. The third-order valence-electron chi connectivity index (χ3n) is 2.18. The lowest BCUT2D eigenvalue weighted by molar-refractivity contribution is -0.138. The Kier molecular flexibility index (Phi) is 6.16. The minimum atomic E-state index is -4.25. The highest BCUT2D eigenvalue weighted by Gasteiger charge is 2.30. The molecule has 0 unspecified atom stereocenters. The molecule has 0 saturated carbocycles. The van der Waals surface area contributed by atoms with Gasteiger partial charge in [0.15, 0.2) is 0 Å². The largest absolute Gasteiger partial charge is 0.488 e. The van der Waals surface area contributed by atoms with E-state index >= 15 is 0 Å². The predicted octanol–water partition coefficient (Wildman–Crippen LogP) is 4.24. The van der Waals surface area contributed by atoms with E-state index < -0.39 is 18.6 Å². The van der Waals surface area contributed by atoms with E-state index in [2.05, 4.69) is 0 Å². The first kappa shape index (κ1) is 18.1. The van der Waals surface area contributed by atoms with Crippen molar-refractivity contribution < 1.29 is 17.9 Å². The first-order valence-corrected chi connectivity index (χ1v) is 5.68. The maximum atomic E-state index is 12.2. The van der Waals surface area contributed by atoms with E-state index in [9.17, 15) is 13.2 Å². The molecule has 0 fully saturated rings. The van der Waals surface area contributed by atoms with E-state index in [0.717, 1.165) is 0 Å². The molecule has 1 atom stereocenters. The van der Waals surface area contributed by atoms with Crippen molar-refractivity contribution in [1.82, 2.24) is 0 Å². The predicted molar refractivity (Wildman–Crippen MR) is 71.7 cm³/mol. The van der Waals surface area contributed by atoms with Crippen LogP contribution in [0, 0.1) is 0 Å². The fraction of sp³-hybridized carbons (Fsp3) is 0.538. The molecular formula is C13H19ClF3NO. The van der Waals surface area contributed by atoms with Crippen LogP contribution in [0.3, 0.4) is 0 Å². The van der Waals surface area contributed by atoms with E-state index in [-0.39, 0.29) is 18.0 Å². The lowest BCUT2D eigenvalue weighted by atomic mass is 10.0. The zero-order valence-corrected chi connectivity index (χ0v) is 11.9. The van der Waals surface area contributed by atoms with Crippen molar-refractivity contribution >= 4 is 12.4 Å². The number of benzene rings is 1. The highest BCUT2D eigenvalue weighted by atomic mass is 35.5. The summed E-state index contributed by atoms with van der Waals surface area (Å²) in [6.45, 7) is 5.70. The first-order valence-electron chi connectivity index (χ1n) is 5.68. The van der Waals surface area contributed by atoms with Crippen LogP contribution in [0.25, 0.3) is 0 Å². The Morgan fingerprint density at radius 3 is 1.95 bits per heavy atom. The average molecular weight is 298 g/mol. The van der Waals surface area contributed by atoms with Crippen LogP contribution in [0.2, 0.25) is 0 Å². The second-order valence-corrected chi connectivity index (χ2v) is 5.21. The summed E-state index contributed by atoms with van der Waals surface area (Å²) in [5.74, 6) is 0.616. The molecule has 0 heterocycles. The zero-order valence-electron chi connectivity index (χ0n) is 11.1. The molecule has 0 saturated heterocycles. The summed E-state index contributed by atoms with van der Waals surface area (Å²) in [6.07, 6.45) is -5.27. The molecule has 19 heavy (non-hydrogen) atoms. The maximum Gasteiger partial charge on any atom is 0.390 e. The standard InChI is InChI=1S/C13H18F3NO.ClH/c1-12(2,3)18-10-6-4-9(5-7-10)11(17)8-13(14,15)16;/h4-7,11H,8,17H2,1-3H3;1H/t11-;/m1./s1. The van der Waals surface area contributed by atoms with Crippen molar-refractivity contribution in [2.24, 2.45) is 5.73 Å². The summed E-state index contributed by atoms with van der Waals surface area (Å²) in [5, 5.41) is 0. The average Bonchev–Trinajstić information content (AvgIpc) is 2.13. The number of halogens is 4. The van der Waals surface area contributed by atoms with Crippen LogP contribution < -0.4 is 10.5 Å². The second kappa shape index (κ2) is 6.48. The summed E-state index contributed by atoms with van der Waals surface area (Å²) in [6, 6.07) is 5.37. The molecule has 1 aromatic rings. The van der Waals surface area contributed by atoms with Gasteiger partial charge in [-0.3, -0.25) is 0 Å². The quantitative estimate of drug-likeness (QED) is 0.906. The Bertz CT molecular complexity index is 384. The molecule has 0 aromatic heterocycles. The highest BCUT2D eigenvalue weighted by Crippen LogP contribution is 2.29. The maximum absolute atomic E-state index is 12.2. The molecule has 110 valence electrons. The molecule has 0 bridgehead atoms. The minimum Gasteiger partial charge on any atom is -0.488 e. The smallest absolute Gasteiger partial charge is 0.390 e. The number of hydrogen-bond acceptors (Lipinski definition) is 2. The van der Waals surface area contributed by atoms with Gasteiger partial charge in [-0.05, 0) is 38.5 Å². The van der Waals surface area contributed by atoms with Gasteiger partial charge in [-0.25, -0.2) is 0 Å². The van der Waals surface area contributed by atoms with Gasteiger partial charge in [0.2, 0.25) is 0 Å². The van der Waals surface area contributed by atoms with Crippen LogP contribution >= 0.6 is 12.4 Å². The van der Waals surface area contributed by atoms with Crippen molar-refractivity contribution in [3.05, 3.63) is 29.8 Å². The van der Waals surface area contributed by atoms with Gasteiger partial charge >= 0.3 is 6.18 Å². The molecule has 0 spiro atoms. The third-order valence-corrected chi connectivity index (χ3v) is 2.18. The summed E-state index contributed by atoms with van der Waals surface area (Å²) in [4.78, 5) is 0. The number of alkyl halides is 3. The van der Waals surface area contributed by atoms with Gasteiger partial charge in [0, 0.05) is 6.04 Å². The summed E-state index contributed by atoms with van der Waals surface area (Å²) in [5.41, 5.74) is 5.61. The topological polar surface area (TPSA) is 35.2 Å². The minimum absolute atomic E-state index is 0. The monoisotopic (exact) mass is 297 g/mol. The van der Waals surface area contributed by atoms with E-state index in [4.69, 9.17) is 10.5 Å². The van der Waals surface area contributed by atoms with Gasteiger partial charge in [0.25, 0.3) is 0 Å². The molecule has 6 heteroatoms. The van der Waals surface area contributed by atoms with Crippen molar-refractivity contribution in [2.45, 2.75) is 45.0 Å². The molecule has 0 amide bonds. The van der Waals surface area contributed by atoms with Crippen molar-refractivity contribution in [3.8, 4) is 5.75 Å². The molecule has 1 aromatic carbocycles. The fourth-order valence-corrected chi connectivity index (χ4v) is 1.50. The Morgan fingerprint density at radius 2 is 1.58 bits per heavy atom. The lowest BCUT2D eigenvalue weighted by Gasteiger charge is -2.22. The lowest BCUT2D eigenvalue weighted by Crippen LogP contribution is -2.23. The summed E-state index contributed by atoms with van der Waals surface area (Å²) >= 11 is 0. The van der Waals surface area contributed by atoms with Gasteiger partial charge in [-0.15, -0.1) is 12.4 Å². The Labute approximate surface area is 117 Å². The Morgan fingerprint density at radius 1 is 1.11 bits per heavy atom. The van der Waals surface area contributed by atoms with Crippen LogP contribution in [0.4, 0.5) is 13.2 Å². The van der Waals surface area contributed by atoms with E-state index in [1.54, 1.807) is 24.3 Å². The molecule has 0 aliphatic carbocycles. The van der Waals surface area contributed by atoms with Crippen LogP contribution in [-0.2, 0) is 0 Å². The van der Waals surface area contributed by atoms with Crippen LogP contribution in [0.1, 0.15) is 38.8 Å². The SMILES string of the molecule is CC(C)(C)Oc1ccc([C@H](N)CC(F)(F)F)cc1.Cl. The Balaban J connectivity index is 0.00000324. The second-order valence-electron chi connectivity index (χ2n) is 5.21. The summed E-state index contributed by atoms with van der Waals surface area (Å²) in [7, 11) is 0. The van der Waals surface area contributed by atoms with Crippen molar-refractivity contribution in [1.29, 1.82) is 0 Å². The molecular weight excluding hydrogens is 279 g/mol. The first-order chi connectivity index (χ1) is 8.07. The van der Waals surface area contributed by atoms with Crippen molar-refractivity contribution in [2.75, 3.05) is 0 Å². The van der Waals surface area contributed by atoms with Gasteiger partial charge in [0.1, 0.15) is 11.4 Å². The molecule has 0 aliphatic heterocycles. The number of hydrogen-bond donors (Lipinski definition) is 1. The number of ether oxygens (including phenoxy) is 1. The Hall–Kier alpha value is -0.940. The van der Waals surface area contributed by atoms with Gasteiger partial charge in [0.05, 0.1) is 6.42 Å². The normalized spacial score (nSPS) is 13.6. The molecule has 0 radical (unpaired) electrons. The van der Waals surface area contributed by atoms with Gasteiger partial charge in [-0.2, -0.15) is 13.2 Å². The summed E-state index contributed by atoms with van der Waals surface area (Å²) < 4.78 is 42.1. The fourth-order valence-electron chi connectivity index (χ4n) is 1.50. The molecule has 1 rings (SSSR count). The molecule has 2 nitrogen and oxygen atoms in total. The zero-order chi connectivity index (χ0) is 14.0. The van der Waals surface area contributed by atoms with Crippen LogP contribution in [0.15, 0.2) is 24.3 Å². The van der Waals surface area contributed by atoms with E-state index in [1.165, 1.54) is 0 Å².